The van der Waals surface area contributed by atoms with Crippen LogP contribution in [-0.4, -0.2) is 40.8 Å². The molecule has 0 atom stereocenters. The smallest absolute Gasteiger partial charge is 0.325 e. The van der Waals surface area contributed by atoms with Gasteiger partial charge in [-0.05, 0) is 44.1 Å². The number of nitrogens with zero attached hydrogens (tertiary/aromatic N) is 2. The second kappa shape index (κ2) is 8.87. The van der Waals surface area contributed by atoms with Crippen LogP contribution in [0.5, 0.6) is 0 Å². The van der Waals surface area contributed by atoms with Crippen molar-refractivity contribution in [1.29, 1.82) is 0 Å². The highest BCUT2D eigenvalue weighted by atomic mass is 32.2. The van der Waals surface area contributed by atoms with E-state index in [2.05, 4.69) is 10.1 Å². The lowest BCUT2D eigenvalue weighted by Crippen LogP contribution is -2.32. The van der Waals surface area contributed by atoms with Crippen LogP contribution in [0.1, 0.15) is 55.0 Å². The van der Waals surface area contributed by atoms with Crippen LogP contribution in [0.4, 0.5) is 0 Å². The summed E-state index contributed by atoms with van der Waals surface area (Å²) >= 11 is 2.90. The summed E-state index contributed by atoms with van der Waals surface area (Å²) in [7, 11) is 1.28. The molecule has 0 unspecified atom stereocenters. The molecule has 2 aromatic heterocycles. The van der Waals surface area contributed by atoms with Crippen molar-refractivity contribution < 1.29 is 14.3 Å². The van der Waals surface area contributed by atoms with Crippen LogP contribution in [-0.2, 0) is 27.2 Å². The van der Waals surface area contributed by atoms with Crippen molar-refractivity contribution in [3.8, 4) is 0 Å². The molecule has 1 saturated carbocycles. The number of rotatable bonds is 6. The lowest BCUT2D eigenvalue weighted by atomic mass is 9.97. The van der Waals surface area contributed by atoms with Gasteiger partial charge >= 0.3 is 5.97 Å². The number of hydrogen-bond acceptors (Lipinski definition) is 7. The fraction of sp³-hybridized carbons (Fsp3) is 0.600. The van der Waals surface area contributed by atoms with Gasteiger partial charge in [-0.25, -0.2) is 4.98 Å². The largest absolute Gasteiger partial charge is 0.468 e. The first-order valence-corrected chi connectivity index (χ1v) is 11.9. The van der Waals surface area contributed by atoms with E-state index in [4.69, 9.17) is 4.98 Å². The molecule has 0 bridgehead atoms. The summed E-state index contributed by atoms with van der Waals surface area (Å²) in [5, 5.41) is 3.95. The Morgan fingerprint density at radius 1 is 1.24 bits per heavy atom. The van der Waals surface area contributed by atoms with E-state index in [1.807, 2.05) is 4.57 Å². The highest BCUT2D eigenvalue weighted by molar-refractivity contribution is 7.99. The van der Waals surface area contributed by atoms with Gasteiger partial charge in [-0.15, -0.1) is 11.3 Å². The molecule has 1 N–H and O–H groups in total. The molecule has 0 saturated heterocycles. The van der Waals surface area contributed by atoms with Crippen molar-refractivity contribution in [2.75, 3.05) is 19.4 Å². The Balaban J connectivity index is 1.65. The zero-order valence-corrected chi connectivity index (χ0v) is 18.1. The van der Waals surface area contributed by atoms with Crippen molar-refractivity contribution in [2.24, 2.45) is 0 Å². The van der Waals surface area contributed by atoms with Crippen LogP contribution < -0.4 is 10.9 Å². The minimum absolute atomic E-state index is 0.0544. The first-order chi connectivity index (χ1) is 14.1. The Hall–Kier alpha value is -1.87. The number of nitrogens with one attached hydrogen (secondary N) is 1. The maximum atomic E-state index is 13.5. The van der Waals surface area contributed by atoms with Crippen LogP contribution in [0.3, 0.4) is 0 Å². The van der Waals surface area contributed by atoms with Gasteiger partial charge in [-0.3, -0.25) is 19.0 Å². The first-order valence-electron chi connectivity index (χ1n) is 10.1. The SMILES string of the molecule is COC(=O)CNC(=O)CSc1nc2sc3c(c2c(=O)n1C1CCCC1)CCCC3. The number of amides is 1. The van der Waals surface area contributed by atoms with Gasteiger partial charge in [0.15, 0.2) is 5.16 Å². The highest BCUT2D eigenvalue weighted by Gasteiger charge is 2.27. The monoisotopic (exact) mass is 435 g/mol. The number of carbonyl (C=O) groups is 2. The van der Waals surface area contributed by atoms with E-state index in [-0.39, 0.29) is 29.8 Å². The van der Waals surface area contributed by atoms with E-state index in [0.29, 0.717) is 5.16 Å². The average Bonchev–Trinajstić information content (AvgIpc) is 3.37. The zero-order valence-electron chi connectivity index (χ0n) is 16.5. The molecule has 2 aliphatic carbocycles. The van der Waals surface area contributed by atoms with Gasteiger partial charge < -0.3 is 10.1 Å². The fourth-order valence-corrected chi connectivity index (χ4v) is 6.41. The van der Waals surface area contributed by atoms with Crippen LogP contribution >= 0.6 is 23.1 Å². The van der Waals surface area contributed by atoms with Gasteiger partial charge in [0.2, 0.25) is 5.91 Å². The molecule has 2 heterocycles. The molecule has 0 aliphatic heterocycles. The molecule has 0 spiro atoms. The Bertz CT molecular complexity index is 992. The predicted octanol–water partition coefficient (Wildman–Crippen LogP) is 2.83. The van der Waals surface area contributed by atoms with E-state index < -0.39 is 5.97 Å². The molecule has 0 radical (unpaired) electrons. The number of aryl methyl sites for hydroxylation is 2. The van der Waals surface area contributed by atoms with Gasteiger partial charge in [0.05, 0.1) is 18.2 Å². The molecule has 29 heavy (non-hydrogen) atoms. The maximum absolute atomic E-state index is 13.5. The third kappa shape index (κ3) is 4.21. The number of esters is 1. The number of carbonyl (C=O) groups excluding carboxylic acids is 2. The van der Waals surface area contributed by atoms with Crippen LogP contribution in [0.15, 0.2) is 9.95 Å². The molecule has 9 heteroatoms. The summed E-state index contributed by atoms with van der Waals surface area (Å²) < 4.78 is 6.38. The van der Waals surface area contributed by atoms with Crippen molar-refractivity contribution >= 4 is 45.2 Å². The second-order valence-corrected chi connectivity index (χ2v) is 9.57. The average molecular weight is 436 g/mol. The maximum Gasteiger partial charge on any atom is 0.325 e. The zero-order chi connectivity index (χ0) is 20.4. The van der Waals surface area contributed by atoms with E-state index >= 15 is 0 Å². The van der Waals surface area contributed by atoms with Gasteiger partial charge in [0.25, 0.3) is 5.56 Å². The molecular formula is C20H25N3O4S2. The number of thioether (sulfide) groups is 1. The number of thiophene rings is 1. The second-order valence-electron chi connectivity index (χ2n) is 7.54. The lowest BCUT2D eigenvalue weighted by molar-refractivity contribution is -0.140. The van der Waals surface area contributed by atoms with Crippen LogP contribution in [0.2, 0.25) is 0 Å². The molecule has 1 fully saturated rings. The Morgan fingerprint density at radius 3 is 2.76 bits per heavy atom. The fourth-order valence-electron chi connectivity index (χ4n) is 4.21. The van der Waals surface area contributed by atoms with Gasteiger partial charge in [-0.1, -0.05) is 24.6 Å². The van der Waals surface area contributed by atoms with Gasteiger partial charge in [0, 0.05) is 10.9 Å². The van der Waals surface area contributed by atoms with Crippen molar-refractivity contribution in [1.82, 2.24) is 14.9 Å². The normalized spacial score (nSPS) is 16.7. The van der Waals surface area contributed by atoms with E-state index in [0.717, 1.165) is 55.2 Å². The minimum Gasteiger partial charge on any atom is -0.468 e. The van der Waals surface area contributed by atoms with Crippen molar-refractivity contribution in [3.63, 3.8) is 0 Å². The summed E-state index contributed by atoms with van der Waals surface area (Å²) in [5.41, 5.74) is 1.26. The highest BCUT2D eigenvalue weighted by Crippen LogP contribution is 2.37. The number of aromatic nitrogens is 2. The number of methoxy groups -OCH3 is 1. The molecule has 2 aliphatic rings. The Labute approximate surface area is 177 Å². The summed E-state index contributed by atoms with van der Waals surface area (Å²) in [6.45, 7) is -0.157. The lowest BCUT2D eigenvalue weighted by Gasteiger charge is -2.18. The number of hydrogen-bond donors (Lipinski definition) is 1. The summed E-state index contributed by atoms with van der Waals surface area (Å²) in [5.74, 6) is -0.666. The Morgan fingerprint density at radius 2 is 2.00 bits per heavy atom. The summed E-state index contributed by atoms with van der Waals surface area (Å²) in [6, 6.07) is 0.152. The third-order valence-corrected chi connectivity index (χ3v) is 7.81. The Kier molecular flexibility index (Phi) is 6.24. The minimum atomic E-state index is -0.491. The third-order valence-electron chi connectivity index (χ3n) is 5.67. The number of fused-ring (bicyclic) bond motifs is 3. The molecule has 2 aromatic rings. The topological polar surface area (TPSA) is 90.3 Å². The predicted molar refractivity (Wildman–Crippen MR) is 114 cm³/mol. The molecule has 7 nitrogen and oxygen atoms in total. The van der Waals surface area contributed by atoms with Gasteiger partial charge in [-0.2, -0.15) is 0 Å². The molecule has 1 amide bonds. The van der Waals surface area contributed by atoms with Crippen LogP contribution in [0, 0.1) is 0 Å². The molecule has 4 rings (SSSR count). The van der Waals surface area contributed by atoms with Gasteiger partial charge in [0.1, 0.15) is 11.4 Å². The first kappa shape index (κ1) is 20.4. The number of ether oxygens (including phenoxy) is 1. The summed E-state index contributed by atoms with van der Waals surface area (Å²) in [6.07, 6.45) is 8.44. The van der Waals surface area contributed by atoms with Crippen molar-refractivity contribution in [2.45, 2.75) is 62.6 Å². The van der Waals surface area contributed by atoms with E-state index in [1.165, 1.54) is 35.7 Å². The standard InChI is InChI=1S/C20H25N3O4S2/c1-27-16(25)10-21-15(24)11-28-20-22-18-17(13-8-4-5-9-14(13)29-18)19(26)23(20)12-6-2-3-7-12/h12H,2-11H2,1H3,(H,21,24). The molecule has 0 aromatic carbocycles. The molecular weight excluding hydrogens is 410 g/mol. The van der Waals surface area contributed by atoms with E-state index in [9.17, 15) is 14.4 Å². The van der Waals surface area contributed by atoms with E-state index in [1.54, 1.807) is 11.3 Å². The van der Waals surface area contributed by atoms with Crippen molar-refractivity contribution in [3.05, 3.63) is 20.8 Å². The van der Waals surface area contributed by atoms with Crippen LogP contribution in [0.25, 0.3) is 10.2 Å². The quantitative estimate of drug-likeness (QED) is 0.426. The molecule has 156 valence electrons. The summed E-state index contributed by atoms with van der Waals surface area (Å²) in [4.78, 5) is 43.8.